The molecule has 1 aliphatic rings. The van der Waals surface area contributed by atoms with Crippen molar-refractivity contribution in [3.63, 3.8) is 0 Å². The molecule has 2 rings (SSSR count). The second kappa shape index (κ2) is 9.74. The highest BCUT2D eigenvalue weighted by Gasteiger charge is 2.23. The van der Waals surface area contributed by atoms with Crippen LogP contribution in [0.5, 0.6) is 0 Å². The molecule has 1 atom stereocenters. The SMILES string of the molecule is CC(C)OCCC(=O)N1CCCC(N(C)Cc2ccccn2)CC1. The monoisotopic (exact) mass is 333 g/mol. The average molecular weight is 333 g/mol. The van der Waals surface area contributed by atoms with E-state index in [2.05, 4.69) is 23.0 Å². The summed E-state index contributed by atoms with van der Waals surface area (Å²) < 4.78 is 5.50. The lowest BCUT2D eigenvalue weighted by Gasteiger charge is -2.27. The van der Waals surface area contributed by atoms with Gasteiger partial charge in [0.1, 0.15) is 0 Å². The fraction of sp³-hybridized carbons (Fsp3) is 0.684. The first-order valence-electron chi connectivity index (χ1n) is 9.05. The molecule has 0 bridgehead atoms. The maximum Gasteiger partial charge on any atom is 0.224 e. The zero-order chi connectivity index (χ0) is 17.4. The molecule has 0 N–H and O–H groups in total. The van der Waals surface area contributed by atoms with Gasteiger partial charge in [-0.3, -0.25) is 14.7 Å². The van der Waals surface area contributed by atoms with Crippen LogP contribution in [0, 0.1) is 0 Å². The summed E-state index contributed by atoms with van der Waals surface area (Å²) in [6, 6.07) is 6.55. The molecule has 1 aromatic rings. The van der Waals surface area contributed by atoms with Crippen molar-refractivity contribution in [2.45, 2.75) is 58.2 Å². The molecule has 2 heterocycles. The molecule has 0 saturated carbocycles. The molecule has 1 aliphatic heterocycles. The standard InChI is InChI=1S/C19H31N3O2/c1-16(2)24-14-10-19(23)22-12-6-8-18(9-13-22)21(3)15-17-7-4-5-11-20-17/h4-5,7,11,16,18H,6,8-10,12-15H2,1-3H3. The molecule has 1 fully saturated rings. The highest BCUT2D eigenvalue weighted by Crippen LogP contribution is 2.18. The first-order chi connectivity index (χ1) is 11.6. The van der Waals surface area contributed by atoms with Gasteiger partial charge < -0.3 is 9.64 Å². The van der Waals surface area contributed by atoms with Crippen LogP contribution in [-0.4, -0.2) is 59.6 Å². The Kier molecular flexibility index (Phi) is 7.66. The number of carbonyl (C=O) groups excluding carboxylic acids is 1. The fourth-order valence-electron chi connectivity index (χ4n) is 3.19. The van der Waals surface area contributed by atoms with E-state index < -0.39 is 0 Å². The third-order valence-electron chi connectivity index (χ3n) is 4.58. The van der Waals surface area contributed by atoms with E-state index in [9.17, 15) is 4.79 Å². The predicted molar refractivity (Wildman–Crippen MR) is 95.6 cm³/mol. The van der Waals surface area contributed by atoms with Crippen molar-refractivity contribution in [1.29, 1.82) is 0 Å². The lowest BCUT2D eigenvalue weighted by molar-refractivity contribution is -0.132. The first kappa shape index (κ1) is 18.9. The zero-order valence-electron chi connectivity index (χ0n) is 15.3. The highest BCUT2D eigenvalue weighted by atomic mass is 16.5. The third kappa shape index (κ3) is 6.21. The van der Waals surface area contributed by atoms with Crippen molar-refractivity contribution in [1.82, 2.24) is 14.8 Å². The van der Waals surface area contributed by atoms with Crippen LogP contribution in [0.1, 0.15) is 45.2 Å². The summed E-state index contributed by atoms with van der Waals surface area (Å²) in [7, 11) is 2.16. The molecule has 1 saturated heterocycles. The van der Waals surface area contributed by atoms with Gasteiger partial charge in [0.15, 0.2) is 0 Å². The lowest BCUT2D eigenvalue weighted by atomic mass is 10.1. The molecule has 1 unspecified atom stereocenters. The maximum absolute atomic E-state index is 12.3. The van der Waals surface area contributed by atoms with Crippen LogP contribution in [0.15, 0.2) is 24.4 Å². The van der Waals surface area contributed by atoms with Crippen LogP contribution in [-0.2, 0) is 16.1 Å². The number of nitrogens with zero attached hydrogens (tertiary/aromatic N) is 3. The predicted octanol–water partition coefficient (Wildman–Crippen LogP) is 2.71. The van der Waals surface area contributed by atoms with Gasteiger partial charge in [-0.1, -0.05) is 6.07 Å². The fourth-order valence-corrected chi connectivity index (χ4v) is 3.19. The van der Waals surface area contributed by atoms with E-state index in [1.165, 1.54) is 0 Å². The Bertz CT molecular complexity index is 493. The molecule has 0 spiro atoms. The maximum atomic E-state index is 12.3. The van der Waals surface area contributed by atoms with E-state index in [0.717, 1.165) is 44.6 Å². The van der Waals surface area contributed by atoms with E-state index in [4.69, 9.17) is 4.74 Å². The van der Waals surface area contributed by atoms with Crippen LogP contribution in [0.4, 0.5) is 0 Å². The molecular weight excluding hydrogens is 302 g/mol. The summed E-state index contributed by atoms with van der Waals surface area (Å²) >= 11 is 0. The lowest BCUT2D eigenvalue weighted by Crippen LogP contribution is -2.35. The van der Waals surface area contributed by atoms with Gasteiger partial charge in [-0.25, -0.2) is 0 Å². The number of likely N-dealkylation sites (tertiary alicyclic amines) is 1. The van der Waals surface area contributed by atoms with Gasteiger partial charge in [0.2, 0.25) is 5.91 Å². The average Bonchev–Trinajstić information content (AvgIpc) is 2.81. The van der Waals surface area contributed by atoms with Crippen molar-refractivity contribution in [3.05, 3.63) is 30.1 Å². The second-order valence-corrected chi connectivity index (χ2v) is 6.87. The van der Waals surface area contributed by atoms with Gasteiger partial charge >= 0.3 is 0 Å². The largest absolute Gasteiger partial charge is 0.378 e. The quantitative estimate of drug-likeness (QED) is 0.770. The van der Waals surface area contributed by atoms with Gasteiger partial charge in [0.05, 0.1) is 24.8 Å². The minimum Gasteiger partial charge on any atom is -0.378 e. The molecule has 0 aromatic carbocycles. The van der Waals surface area contributed by atoms with Gasteiger partial charge in [-0.15, -0.1) is 0 Å². The number of hydrogen-bond donors (Lipinski definition) is 0. The summed E-state index contributed by atoms with van der Waals surface area (Å²) in [6.45, 7) is 7.10. The number of pyridine rings is 1. The van der Waals surface area contributed by atoms with E-state index in [0.29, 0.717) is 19.1 Å². The first-order valence-corrected chi connectivity index (χ1v) is 9.05. The van der Waals surface area contributed by atoms with Crippen molar-refractivity contribution >= 4 is 5.91 Å². The number of aromatic nitrogens is 1. The van der Waals surface area contributed by atoms with Crippen molar-refractivity contribution in [3.8, 4) is 0 Å². The minimum absolute atomic E-state index is 0.187. The van der Waals surface area contributed by atoms with Crippen LogP contribution < -0.4 is 0 Å². The topological polar surface area (TPSA) is 45.7 Å². The molecule has 134 valence electrons. The molecule has 0 aliphatic carbocycles. The van der Waals surface area contributed by atoms with E-state index in [-0.39, 0.29) is 12.0 Å². The van der Waals surface area contributed by atoms with Gasteiger partial charge in [-0.05, 0) is 52.3 Å². The normalized spacial score (nSPS) is 18.9. The number of hydrogen-bond acceptors (Lipinski definition) is 4. The summed E-state index contributed by atoms with van der Waals surface area (Å²) in [5.74, 6) is 0.226. The molecule has 5 nitrogen and oxygen atoms in total. The van der Waals surface area contributed by atoms with Crippen molar-refractivity contribution in [2.75, 3.05) is 26.7 Å². The van der Waals surface area contributed by atoms with Crippen molar-refractivity contribution in [2.24, 2.45) is 0 Å². The molecule has 5 heteroatoms. The molecule has 24 heavy (non-hydrogen) atoms. The molecule has 1 aromatic heterocycles. The Morgan fingerprint density at radius 1 is 1.38 bits per heavy atom. The van der Waals surface area contributed by atoms with E-state index >= 15 is 0 Å². The Hall–Kier alpha value is -1.46. The Balaban J connectivity index is 1.78. The third-order valence-corrected chi connectivity index (χ3v) is 4.58. The number of rotatable bonds is 7. The van der Waals surface area contributed by atoms with E-state index in [1.807, 2.05) is 37.1 Å². The van der Waals surface area contributed by atoms with Crippen LogP contribution in [0.25, 0.3) is 0 Å². The summed E-state index contributed by atoms with van der Waals surface area (Å²) in [6.07, 6.45) is 5.75. The number of amides is 1. The van der Waals surface area contributed by atoms with Gasteiger partial charge in [0.25, 0.3) is 0 Å². The molecule has 0 radical (unpaired) electrons. The highest BCUT2D eigenvalue weighted by molar-refractivity contribution is 5.76. The Labute approximate surface area is 146 Å². The number of ether oxygens (including phenoxy) is 1. The van der Waals surface area contributed by atoms with Gasteiger partial charge in [-0.2, -0.15) is 0 Å². The van der Waals surface area contributed by atoms with Crippen LogP contribution >= 0.6 is 0 Å². The Morgan fingerprint density at radius 2 is 2.21 bits per heavy atom. The smallest absolute Gasteiger partial charge is 0.224 e. The van der Waals surface area contributed by atoms with Crippen LogP contribution in [0.2, 0.25) is 0 Å². The number of carbonyl (C=O) groups is 1. The van der Waals surface area contributed by atoms with E-state index in [1.54, 1.807) is 0 Å². The van der Waals surface area contributed by atoms with Crippen molar-refractivity contribution < 1.29 is 9.53 Å². The second-order valence-electron chi connectivity index (χ2n) is 6.87. The van der Waals surface area contributed by atoms with Gasteiger partial charge in [0, 0.05) is 31.9 Å². The summed E-state index contributed by atoms with van der Waals surface area (Å²) in [4.78, 5) is 21.1. The summed E-state index contributed by atoms with van der Waals surface area (Å²) in [5.41, 5.74) is 1.10. The molecular formula is C19H31N3O2. The summed E-state index contributed by atoms with van der Waals surface area (Å²) in [5, 5.41) is 0. The van der Waals surface area contributed by atoms with Crippen LogP contribution in [0.3, 0.4) is 0 Å². The minimum atomic E-state index is 0.187. The zero-order valence-corrected chi connectivity index (χ0v) is 15.3. The molecule has 1 amide bonds. The Morgan fingerprint density at radius 3 is 2.92 bits per heavy atom.